The number of halogens is 3. The van der Waals surface area contributed by atoms with E-state index in [1.54, 1.807) is 18.2 Å². The van der Waals surface area contributed by atoms with Crippen LogP contribution in [0.5, 0.6) is 0 Å². The van der Waals surface area contributed by atoms with Crippen molar-refractivity contribution in [2.75, 3.05) is 0 Å². The Balaban J connectivity index is 2.83. The molecule has 0 saturated carbocycles. The Hall–Kier alpha value is -1.03. The summed E-state index contributed by atoms with van der Waals surface area (Å²) in [6.07, 6.45) is -5.19. The smallest absolute Gasteiger partial charge is 0.324 e. The molecule has 0 spiro atoms. The van der Waals surface area contributed by atoms with Gasteiger partial charge in [0.2, 0.25) is 0 Å². The highest BCUT2D eigenvalue weighted by Crippen LogP contribution is 2.29. The van der Waals surface area contributed by atoms with E-state index in [9.17, 15) is 13.2 Å². The van der Waals surface area contributed by atoms with E-state index in [-0.39, 0.29) is 5.92 Å². The van der Waals surface area contributed by atoms with Crippen LogP contribution in [-0.4, -0.2) is 6.18 Å². The first-order valence-electron chi connectivity index (χ1n) is 5.22. The average Bonchev–Trinajstić information content (AvgIpc) is 2.15. The third kappa shape index (κ3) is 3.85. The summed E-state index contributed by atoms with van der Waals surface area (Å²) in [5.74, 6) is 0.290. The molecule has 1 atom stereocenters. The van der Waals surface area contributed by atoms with Crippen molar-refractivity contribution < 1.29 is 13.2 Å². The van der Waals surface area contributed by atoms with Crippen molar-refractivity contribution >= 4 is 0 Å². The lowest BCUT2D eigenvalue weighted by molar-refractivity contribution is -0.138. The van der Waals surface area contributed by atoms with Crippen molar-refractivity contribution in [3.05, 3.63) is 35.4 Å². The molecule has 0 aromatic heterocycles. The maximum Gasteiger partial charge on any atom is 0.390 e. The third-order valence-corrected chi connectivity index (χ3v) is 2.46. The molecular formula is C12H16F3N. The molecule has 0 bridgehead atoms. The molecule has 1 nitrogen and oxygen atoms in total. The van der Waals surface area contributed by atoms with Crippen LogP contribution in [0.25, 0.3) is 0 Å². The van der Waals surface area contributed by atoms with Gasteiger partial charge in [-0.15, -0.1) is 0 Å². The number of benzene rings is 1. The molecule has 0 aliphatic rings. The molecule has 0 saturated heterocycles. The van der Waals surface area contributed by atoms with Gasteiger partial charge in [0.25, 0.3) is 0 Å². The summed E-state index contributed by atoms with van der Waals surface area (Å²) in [7, 11) is 0. The maximum absolute atomic E-state index is 12.2. The fourth-order valence-corrected chi connectivity index (χ4v) is 1.52. The van der Waals surface area contributed by atoms with Crippen LogP contribution >= 0.6 is 0 Å². The van der Waals surface area contributed by atoms with E-state index in [1.165, 1.54) is 0 Å². The normalized spacial score (nSPS) is 14.2. The summed E-state index contributed by atoms with van der Waals surface area (Å²) < 4.78 is 36.5. The van der Waals surface area contributed by atoms with Gasteiger partial charge in [0.05, 0.1) is 6.42 Å². The summed E-state index contributed by atoms with van der Waals surface area (Å²) in [5, 5.41) is 0. The zero-order valence-corrected chi connectivity index (χ0v) is 9.38. The van der Waals surface area contributed by atoms with Crippen LogP contribution in [0, 0.1) is 0 Å². The van der Waals surface area contributed by atoms with E-state index >= 15 is 0 Å². The second kappa shape index (κ2) is 4.87. The van der Waals surface area contributed by atoms with E-state index in [0.717, 1.165) is 5.56 Å². The standard InChI is InChI=1S/C12H16F3N/c1-8(2)9-4-3-5-10(6-9)11(16)7-12(13,14)15/h3-6,8,11H,7,16H2,1-2H3/t11-/m1/s1. The van der Waals surface area contributed by atoms with Gasteiger partial charge in [0.15, 0.2) is 0 Å². The molecule has 0 aliphatic carbocycles. The van der Waals surface area contributed by atoms with E-state index in [1.807, 2.05) is 19.9 Å². The zero-order valence-electron chi connectivity index (χ0n) is 9.38. The monoisotopic (exact) mass is 231 g/mol. The Morgan fingerprint density at radius 2 is 1.75 bits per heavy atom. The minimum atomic E-state index is -4.22. The molecule has 16 heavy (non-hydrogen) atoms. The molecule has 0 aliphatic heterocycles. The molecule has 0 amide bonds. The topological polar surface area (TPSA) is 26.0 Å². The molecule has 1 rings (SSSR count). The number of hydrogen-bond acceptors (Lipinski definition) is 1. The fourth-order valence-electron chi connectivity index (χ4n) is 1.52. The van der Waals surface area contributed by atoms with Crippen LogP contribution in [0.3, 0.4) is 0 Å². The molecule has 0 unspecified atom stereocenters. The molecule has 0 radical (unpaired) electrons. The molecule has 90 valence electrons. The van der Waals surface area contributed by atoms with E-state index in [2.05, 4.69) is 0 Å². The number of nitrogens with two attached hydrogens (primary N) is 1. The first-order chi connectivity index (χ1) is 7.29. The van der Waals surface area contributed by atoms with Crippen LogP contribution in [0.4, 0.5) is 13.2 Å². The van der Waals surface area contributed by atoms with Gasteiger partial charge < -0.3 is 5.73 Å². The first kappa shape index (κ1) is 13.0. The van der Waals surface area contributed by atoms with Crippen molar-refractivity contribution in [3.8, 4) is 0 Å². The SMILES string of the molecule is CC(C)c1cccc([C@H](N)CC(F)(F)F)c1. The van der Waals surface area contributed by atoms with Gasteiger partial charge >= 0.3 is 6.18 Å². The summed E-state index contributed by atoms with van der Waals surface area (Å²) >= 11 is 0. The van der Waals surface area contributed by atoms with Crippen LogP contribution in [0.15, 0.2) is 24.3 Å². The largest absolute Gasteiger partial charge is 0.390 e. The van der Waals surface area contributed by atoms with Crippen molar-refractivity contribution in [2.45, 2.75) is 38.4 Å². The van der Waals surface area contributed by atoms with Gasteiger partial charge in [-0.3, -0.25) is 0 Å². The lowest BCUT2D eigenvalue weighted by Gasteiger charge is -2.16. The predicted molar refractivity (Wildman–Crippen MR) is 58.1 cm³/mol. The molecule has 0 heterocycles. The summed E-state index contributed by atoms with van der Waals surface area (Å²) in [6.45, 7) is 3.99. The van der Waals surface area contributed by atoms with E-state index in [4.69, 9.17) is 5.73 Å². The van der Waals surface area contributed by atoms with Crippen molar-refractivity contribution in [1.29, 1.82) is 0 Å². The zero-order chi connectivity index (χ0) is 12.3. The highest BCUT2D eigenvalue weighted by molar-refractivity contribution is 5.27. The second-order valence-corrected chi connectivity index (χ2v) is 4.25. The molecular weight excluding hydrogens is 215 g/mol. The third-order valence-electron chi connectivity index (χ3n) is 2.46. The Bertz CT molecular complexity index is 344. The lowest BCUT2D eigenvalue weighted by Crippen LogP contribution is -2.20. The van der Waals surface area contributed by atoms with Gasteiger partial charge in [-0.25, -0.2) is 0 Å². The Morgan fingerprint density at radius 1 is 1.19 bits per heavy atom. The van der Waals surface area contributed by atoms with Crippen molar-refractivity contribution in [1.82, 2.24) is 0 Å². The first-order valence-corrected chi connectivity index (χ1v) is 5.22. The van der Waals surface area contributed by atoms with Crippen molar-refractivity contribution in [2.24, 2.45) is 5.73 Å². The van der Waals surface area contributed by atoms with Crippen LogP contribution in [0.1, 0.15) is 43.4 Å². The fraction of sp³-hybridized carbons (Fsp3) is 0.500. The Kier molecular flexibility index (Phi) is 3.97. The number of hydrogen-bond donors (Lipinski definition) is 1. The van der Waals surface area contributed by atoms with Crippen molar-refractivity contribution in [3.63, 3.8) is 0 Å². The van der Waals surface area contributed by atoms with Crippen LogP contribution in [-0.2, 0) is 0 Å². The minimum Gasteiger partial charge on any atom is -0.324 e. The number of rotatable bonds is 3. The van der Waals surface area contributed by atoms with E-state index < -0.39 is 18.6 Å². The lowest BCUT2D eigenvalue weighted by atomic mass is 9.97. The quantitative estimate of drug-likeness (QED) is 0.842. The number of alkyl halides is 3. The van der Waals surface area contributed by atoms with Gasteiger partial charge in [-0.2, -0.15) is 13.2 Å². The van der Waals surface area contributed by atoms with Crippen LogP contribution < -0.4 is 5.73 Å². The predicted octanol–water partition coefficient (Wildman–Crippen LogP) is 3.76. The van der Waals surface area contributed by atoms with Gasteiger partial charge in [-0.1, -0.05) is 38.1 Å². The molecule has 1 aromatic rings. The molecule has 1 aromatic carbocycles. The Morgan fingerprint density at radius 3 is 2.25 bits per heavy atom. The maximum atomic E-state index is 12.2. The summed E-state index contributed by atoms with van der Waals surface area (Å²) in [5.41, 5.74) is 7.08. The van der Waals surface area contributed by atoms with E-state index in [0.29, 0.717) is 5.56 Å². The summed E-state index contributed by atoms with van der Waals surface area (Å²) in [6, 6.07) is 6.07. The van der Waals surface area contributed by atoms with Gasteiger partial charge in [0, 0.05) is 6.04 Å². The Labute approximate surface area is 93.5 Å². The molecule has 2 N–H and O–H groups in total. The van der Waals surface area contributed by atoms with Gasteiger partial charge in [0.1, 0.15) is 0 Å². The summed E-state index contributed by atoms with van der Waals surface area (Å²) in [4.78, 5) is 0. The highest BCUT2D eigenvalue weighted by Gasteiger charge is 2.30. The molecule has 0 fully saturated rings. The average molecular weight is 231 g/mol. The van der Waals surface area contributed by atoms with Crippen LogP contribution in [0.2, 0.25) is 0 Å². The van der Waals surface area contributed by atoms with Gasteiger partial charge in [-0.05, 0) is 17.0 Å². The minimum absolute atomic E-state index is 0.290. The highest BCUT2D eigenvalue weighted by atomic mass is 19.4. The molecule has 4 heteroatoms. The second-order valence-electron chi connectivity index (χ2n) is 4.25.